The van der Waals surface area contributed by atoms with Crippen LogP contribution in [0.4, 0.5) is 4.39 Å². The van der Waals surface area contributed by atoms with Crippen LogP contribution in [0, 0.1) is 11.7 Å². The molecular formula is C13H19BrFN. The molecule has 1 unspecified atom stereocenters. The van der Waals surface area contributed by atoms with Gasteiger partial charge in [0.25, 0.3) is 0 Å². The van der Waals surface area contributed by atoms with Gasteiger partial charge in [-0.3, -0.25) is 0 Å². The van der Waals surface area contributed by atoms with Gasteiger partial charge in [0, 0.05) is 6.04 Å². The summed E-state index contributed by atoms with van der Waals surface area (Å²) in [5, 5.41) is 0. The second-order valence-corrected chi connectivity index (χ2v) is 4.96. The average molecular weight is 288 g/mol. The zero-order valence-electron chi connectivity index (χ0n) is 9.84. The number of hydrogen-bond acceptors (Lipinski definition) is 1. The molecule has 3 heteroatoms. The number of hydrogen-bond donors (Lipinski definition) is 1. The fourth-order valence-electron chi connectivity index (χ4n) is 1.91. The smallest absolute Gasteiger partial charge is 0.137 e. The van der Waals surface area contributed by atoms with E-state index in [0.717, 1.165) is 24.8 Å². The van der Waals surface area contributed by atoms with Gasteiger partial charge in [0.05, 0.1) is 4.47 Å². The maximum absolute atomic E-state index is 13.3. The van der Waals surface area contributed by atoms with Crippen LogP contribution in [-0.2, 0) is 0 Å². The van der Waals surface area contributed by atoms with Gasteiger partial charge < -0.3 is 5.73 Å². The Labute approximate surface area is 105 Å². The first-order chi connectivity index (χ1) is 7.60. The molecule has 0 aliphatic rings. The molecule has 2 N–H and O–H groups in total. The molecule has 1 rings (SSSR count). The molecule has 0 amide bonds. The Balaban J connectivity index is 2.80. The van der Waals surface area contributed by atoms with Gasteiger partial charge in [-0.1, -0.05) is 38.8 Å². The van der Waals surface area contributed by atoms with E-state index in [1.54, 1.807) is 6.07 Å². The molecule has 0 radical (unpaired) electrons. The van der Waals surface area contributed by atoms with Crippen molar-refractivity contribution in [1.82, 2.24) is 0 Å². The van der Waals surface area contributed by atoms with E-state index in [2.05, 4.69) is 29.8 Å². The predicted molar refractivity (Wildman–Crippen MR) is 69.7 cm³/mol. The summed E-state index contributed by atoms with van der Waals surface area (Å²) in [6.45, 7) is 4.34. The average Bonchev–Trinajstić information content (AvgIpc) is 2.29. The quantitative estimate of drug-likeness (QED) is 0.853. The molecule has 0 fully saturated rings. The molecular weight excluding hydrogens is 269 g/mol. The van der Waals surface area contributed by atoms with Crippen LogP contribution in [0.5, 0.6) is 0 Å². The Kier molecular flexibility index (Phi) is 5.42. The number of benzene rings is 1. The fourth-order valence-corrected chi connectivity index (χ4v) is 2.47. The summed E-state index contributed by atoms with van der Waals surface area (Å²) in [6.07, 6.45) is 3.16. The summed E-state index contributed by atoms with van der Waals surface area (Å²) >= 11 is 3.26. The first-order valence-corrected chi connectivity index (χ1v) is 6.58. The van der Waals surface area contributed by atoms with Crippen molar-refractivity contribution >= 4 is 15.9 Å². The minimum Gasteiger partial charge on any atom is -0.324 e. The summed E-state index contributed by atoms with van der Waals surface area (Å²) in [4.78, 5) is 0. The van der Waals surface area contributed by atoms with Crippen molar-refractivity contribution in [2.75, 3.05) is 0 Å². The minimum atomic E-state index is -0.238. The molecule has 90 valence electrons. The van der Waals surface area contributed by atoms with Crippen LogP contribution in [0.1, 0.15) is 44.7 Å². The van der Waals surface area contributed by atoms with Crippen molar-refractivity contribution < 1.29 is 4.39 Å². The maximum Gasteiger partial charge on any atom is 0.137 e. The van der Waals surface area contributed by atoms with Gasteiger partial charge in [0.2, 0.25) is 0 Å². The van der Waals surface area contributed by atoms with E-state index >= 15 is 0 Å². The van der Waals surface area contributed by atoms with E-state index in [0.29, 0.717) is 10.4 Å². The highest BCUT2D eigenvalue weighted by molar-refractivity contribution is 9.10. The van der Waals surface area contributed by atoms with E-state index in [4.69, 9.17) is 5.73 Å². The van der Waals surface area contributed by atoms with E-state index in [9.17, 15) is 4.39 Å². The summed E-state index contributed by atoms with van der Waals surface area (Å²) in [7, 11) is 0. The first kappa shape index (κ1) is 13.7. The Hall–Kier alpha value is -0.410. The molecule has 1 aromatic rings. The van der Waals surface area contributed by atoms with E-state index in [-0.39, 0.29) is 11.9 Å². The summed E-state index contributed by atoms with van der Waals surface area (Å²) in [6, 6.07) is 4.95. The van der Waals surface area contributed by atoms with Crippen molar-refractivity contribution in [3.8, 4) is 0 Å². The highest BCUT2D eigenvalue weighted by Crippen LogP contribution is 2.29. The molecule has 0 aliphatic carbocycles. The van der Waals surface area contributed by atoms with Crippen LogP contribution in [0.25, 0.3) is 0 Å². The molecule has 1 aromatic carbocycles. The van der Waals surface area contributed by atoms with Gasteiger partial charge in [-0.15, -0.1) is 0 Å². The third-order valence-corrected chi connectivity index (χ3v) is 3.96. The van der Waals surface area contributed by atoms with E-state index < -0.39 is 0 Å². The number of halogens is 2. The van der Waals surface area contributed by atoms with Crippen LogP contribution in [0.15, 0.2) is 22.7 Å². The topological polar surface area (TPSA) is 26.0 Å². The van der Waals surface area contributed by atoms with Crippen molar-refractivity contribution in [2.24, 2.45) is 11.7 Å². The van der Waals surface area contributed by atoms with Crippen LogP contribution in [0.2, 0.25) is 0 Å². The van der Waals surface area contributed by atoms with Crippen LogP contribution < -0.4 is 5.73 Å². The molecule has 0 heterocycles. The van der Waals surface area contributed by atoms with Gasteiger partial charge in [-0.25, -0.2) is 4.39 Å². The van der Waals surface area contributed by atoms with Crippen molar-refractivity contribution in [2.45, 2.75) is 39.2 Å². The van der Waals surface area contributed by atoms with Gasteiger partial charge in [-0.2, -0.15) is 0 Å². The third-order valence-electron chi connectivity index (χ3n) is 3.12. The molecule has 0 aliphatic heterocycles. The molecule has 0 saturated carbocycles. The monoisotopic (exact) mass is 287 g/mol. The summed E-state index contributed by atoms with van der Waals surface area (Å²) < 4.78 is 13.8. The third kappa shape index (κ3) is 3.29. The molecule has 16 heavy (non-hydrogen) atoms. The maximum atomic E-state index is 13.3. The second-order valence-electron chi connectivity index (χ2n) is 4.17. The van der Waals surface area contributed by atoms with Crippen LogP contribution >= 0.6 is 15.9 Å². The van der Waals surface area contributed by atoms with E-state index in [1.807, 2.05) is 6.07 Å². The lowest BCUT2D eigenvalue weighted by molar-refractivity contribution is 0.413. The molecule has 1 atom stereocenters. The van der Waals surface area contributed by atoms with E-state index in [1.165, 1.54) is 6.07 Å². The molecule has 0 saturated heterocycles. The number of nitrogens with two attached hydrogens (primary N) is 1. The van der Waals surface area contributed by atoms with Crippen molar-refractivity contribution in [1.29, 1.82) is 0 Å². The lowest BCUT2D eigenvalue weighted by Gasteiger charge is -2.19. The molecule has 0 bridgehead atoms. The molecule has 1 nitrogen and oxygen atoms in total. The highest BCUT2D eigenvalue weighted by Gasteiger charge is 2.16. The van der Waals surface area contributed by atoms with Gasteiger partial charge >= 0.3 is 0 Å². The fraction of sp³-hybridized carbons (Fsp3) is 0.538. The normalized spacial score (nSPS) is 13.1. The largest absolute Gasteiger partial charge is 0.324 e. The van der Waals surface area contributed by atoms with Crippen molar-refractivity contribution in [3.63, 3.8) is 0 Å². The first-order valence-electron chi connectivity index (χ1n) is 5.79. The summed E-state index contributed by atoms with van der Waals surface area (Å²) in [5.41, 5.74) is 6.99. The lowest BCUT2D eigenvalue weighted by atomic mass is 9.92. The molecule has 0 spiro atoms. The lowest BCUT2D eigenvalue weighted by Crippen LogP contribution is -2.15. The molecule has 0 aromatic heterocycles. The Bertz CT molecular complexity index is 337. The van der Waals surface area contributed by atoms with Crippen LogP contribution in [0.3, 0.4) is 0 Å². The standard InChI is InChI=1S/C13H19BrFN/c1-3-9(4-2)8-12(16)10-6-5-7-11(15)13(10)14/h5-7,9,12H,3-4,8,16H2,1-2H3. The Morgan fingerprint density at radius 3 is 2.50 bits per heavy atom. The number of rotatable bonds is 5. The Morgan fingerprint density at radius 1 is 1.31 bits per heavy atom. The SMILES string of the molecule is CCC(CC)CC(N)c1cccc(F)c1Br. The minimum absolute atomic E-state index is 0.0880. The van der Waals surface area contributed by atoms with Gasteiger partial charge in [-0.05, 0) is 39.9 Å². The van der Waals surface area contributed by atoms with Crippen LogP contribution in [-0.4, -0.2) is 0 Å². The summed E-state index contributed by atoms with van der Waals surface area (Å²) in [5.74, 6) is 0.377. The zero-order chi connectivity index (χ0) is 12.1. The van der Waals surface area contributed by atoms with Crippen molar-refractivity contribution in [3.05, 3.63) is 34.1 Å². The predicted octanol–water partition coefficient (Wildman–Crippen LogP) is 4.41. The second kappa shape index (κ2) is 6.36. The van der Waals surface area contributed by atoms with Gasteiger partial charge in [0.15, 0.2) is 0 Å². The highest BCUT2D eigenvalue weighted by atomic mass is 79.9. The Morgan fingerprint density at radius 2 is 1.94 bits per heavy atom. The van der Waals surface area contributed by atoms with Gasteiger partial charge in [0.1, 0.15) is 5.82 Å². The zero-order valence-corrected chi connectivity index (χ0v) is 11.4.